The molecule has 35 heavy (non-hydrogen) atoms. The van der Waals surface area contributed by atoms with Crippen LogP contribution in [0.25, 0.3) is 11.3 Å². The second kappa shape index (κ2) is 10.8. The average Bonchev–Trinajstić information content (AvgIpc) is 2.88. The summed E-state index contributed by atoms with van der Waals surface area (Å²) >= 11 is 0. The molecule has 0 radical (unpaired) electrons. The van der Waals surface area contributed by atoms with Crippen molar-refractivity contribution >= 4 is 12.2 Å². The smallest absolute Gasteiger partial charge is 0.270 e. The largest absolute Gasteiger partial charge is 0.493 e. The first-order valence-corrected chi connectivity index (χ1v) is 10.8. The Kier molecular flexibility index (Phi) is 7.19. The third-order valence-corrected chi connectivity index (χ3v) is 5.32. The Morgan fingerprint density at radius 3 is 2.60 bits per heavy atom. The zero-order valence-corrected chi connectivity index (χ0v) is 19.3. The van der Waals surface area contributed by atoms with Crippen LogP contribution >= 0.6 is 0 Å². The molecular weight excluding hydrogens is 442 g/mol. The van der Waals surface area contributed by atoms with Crippen molar-refractivity contribution in [3.8, 4) is 28.8 Å². The zero-order valence-electron chi connectivity index (χ0n) is 19.3. The molecule has 8 nitrogen and oxygen atoms in total. The Morgan fingerprint density at radius 2 is 1.86 bits per heavy atom. The fourth-order valence-electron chi connectivity index (χ4n) is 3.47. The van der Waals surface area contributed by atoms with Crippen LogP contribution in [0.3, 0.4) is 0 Å². The van der Waals surface area contributed by atoms with Crippen molar-refractivity contribution in [2.75, 3.05) is 12.5 Å². The lowest BCUT2D eigenvalue weighted by atomic mass is 10.1. The van der Waals surface area contributed by atoms with E-state index >= 15 is 0 Å². The van der Waals surface area contributed by atoms with Crippen molar-refractivity contribution in [1.82, 2.24) is 9.97 Å². The standard InChI is InChI=1S/C27H23N5O3/c1-18-9-6-7-12-21(18)17-35-25-20(13-8-14-23(25)34-2)16-29-32-27-30-24(19-10-4-3-5-11-19)22(15-28)26(33)31-27/h3-14,16H,17H2,1-2H3,(H2,30,31,32,33). The molecule has 0 aliphatic rings. The molecule has 0 amide bonds. The summed E-state index contributed by atoms with van der Waals surface area (Å²) in [5.74, 6) is 1.21. The van der Waals surface area contributed by atoms with Gasteiger partial charge in [-0.2, -0.15) is 10.4 Å². The minimum atomic E-state index is -0.553. The quantitative estimate of drug-likeness (QED) is 0.289. The summed E-state index contributed by atoms with van der Waals surface area (Å²) in [4.78, 5) is 19.4. The van der Waals surface area contributed by atoms with Gasteiger partial charge in [-0.05, 0) is 30.2 Å². The molecule has 0 bridgehead atoms. The molecule has 0 aliphatic heterocycles. The van der Waals surface area contributed by atoms with Crippen LogP contribution in [0.1, 0.15) is 22.3 Å². The molecular formula is C27H23N5O3. The SMILES string of the molecule is COc1cccc(C=NNc2nc(-c3ccccc3)c(C#N)c(=O)[nH]2)c1OCc1ccccc1C. The van der Waals surface area contributed by atoms with E-state index < -0.39 is 5.56 Å². The second-order valence-electron chi connectivity index (χ2n) is 7.58. The van der Waals surface area contributed by atoms with E-state index in [0.29, 0.717) is 29.2 Å². The summed E-state index contributed by atoms with van der Waals surface area (Å²) in [6.45, 7) is 2.40. The fraction of sp³-hybridized carbons (Fsp3) is 0.111. The normalized spacial score (nSPS) is 10.7. The van der Waals surface area contributed by atoms with Gasteiger partial charge in [0.05, 0.1) is 19.0 Å². The number of aryl methyl sites for hydroxylation is 1. The van der Waals surface area contributed by atoms with Gasteiger partial charge in [0.15, 0.2) is 11.5 Å². The molecule has 0 aliphatic carbocycles. The van der Waals surface area contributed by atoms with Crippen LogP contribution in [0, 0.1) is 18.3 Å². The number of H-pyrrole nitrogens is 1. The summed E-state index contributed by atoms with van der Waals surface area (Å²) in [5, 5.41) is 13.6. The van der Waals surface area contributed by atoms with Crippen molar-refractivity contribution in [2.45, 2.75) is 13.5 Å². The molecule has 174 valence electrons. The molecule has 1 aromatic heterocycles. The van der Waals surface area contributed by atoms with Crippen molar-refractivity contribution in [2.24, 2.45) is 5.10 Å². The first-order chi connectivity index (χ1) is 17.1. The van der Waals surface area contributed by atoms with E-state index in [-0.39, 0.29) is 17.2 Å². The van der Waals surface area contributed by atoms with Crippen molar-refractivity contribution in [1.29, 1.82) is 5.26 Å². The summed E-state index contributed by atoms with van der Waals surface area (Å²) in [6.07, 6.45) is 1.55. The zero-order chi connectivity index (χ0) is 24.6. The second-order valence-corrected chi connectivity index (χ2v) is 7.58. The van der Waals surface area contributed by atoms with Gasteiger partial charge in [-0.25, -0.2) is 10.4 Å². The number of ether oxygens (including phenoxy) is 2. The molecule has 0 saturated carbocycles. The molecule has 4 rings (SSSR count). The highest BCUT2D eigenvalue weighted by Gasteiger charge is 2.13. The van der Waals surface area contributed by atoms with E-state index in [1.54, 1.807) is 25.5 Å². The number of rotatable bonds is 8. The maximum Gasteiger partial charge on any atom is 0.270 e. The van der Waals surface area contributed by atoms with E-state index in [2.05, 4.69) is 20.5 Å². The van der Waals surface area contributed by atoms with Gasteiger partial charge in [-0.1, -0.05) is 60.7 Å². The molecule has 2 N–H and O–H groups in total. The summed E-state index contributed by atoms with van der Waals surface area (Å²) in [7, 11) is 1.58. The van der Waals surface area contributed by atoms with Gasteiger partial charge in [0.1, 0.15) is 18.2 Å². The maximum atomic E-state index is 12.4. The molecule has 8 heteroatoms. The van der Waals surface area contributed by atoms with Gasteiger partial charge in [-0.3, -0.25) is 9.78 Å². The first kappa shape index (κ1) is 23.3. The van der Waals surface area contributed by atoms with Gasteiger partial charge in [0, 0.05) is 11.1 Å². The Morgan fingerprint density at radius 1 is 1.09 bits per heavy atom. The van der Waals surface area contributed by atoms with Gasteiger partial charge >= 0.3 is 0 Å². The predicted molar refractivity (Wildman–Crippen MR) is 135 cm³/mol. The number of nitrogens with zero attached hydrogens (tertiary/aromatic N) is 3. The Balaban J connectivity index is 1.59. The van der Waals surface area contributed by atoms with Crippen LogP contribution in [-0.4, -0.2) is 23.3 Å². The van der Waals surface area contributed by atoms with Gasteiger partial charge in [0.2, 0.25) is 5.95 Å². The highest BCUT2D eigenvalue weighted by Crippen LogP contribution is 2.31. The topological polar surface area (TPSA) is 112 Å². The minimum absolute atomic E-state index is 0.0644. The van der Waals surface area contributed by atoms with E-state index in [4.69, 9.17) is 9.47 Å². The van der Waals surface area contributed by atoms with Gasteiger partial charge in [-0.15, -0.1) is 0 Å². The summed E-state index contributed by atoms with van der Waals surface area (Å²) in [6, 6.07) is 24.4. The number of nitrogens with one attached hydrogen (secondary N) is 2. The fourth-order valence-corrected chi connectivity index (χ4v) is 3.47. The third kappa shape index (κ3) is 5.37. The monoisotopic (exact) mass is 465 g/mol. The molecule has 0 saturated heterocycles. The number of aromatic amines is 1. The van der Waals surface area contributed by atoms with E-state index in [9.17, 15) is 10.1 Å². The van der Waals surface area contributed by atoms with Crippen LogP contribution < -0.4 is 20.5 Å². The number of benzene rings is 3. The van der Waals surface area contributed by atoms with Crippen molar-refractivity contribution in [3.63, 3.8) is 0 Å². The molecule has 1 heterocycles. The summed E-state index contributed by atoms with van der Waals surface area (Å²) < 4.78 is 11.6. The molecule has 0 atom stereocenters. The molecule has 0 spiro atoms. The number of hydrogen-bond acceptors (Lipinski definition) is 7. The number of hydrazone groups is 1. The van der Waals surface area contributed by atoms with Crippen LogP contribution in [-0.2, 0) is 6.61 Å². The number of aromatic nitrogens is 2. The third-order valence-electron chi connectivity index (χ3n) is 5.32. The van der Waals surface area contributed by atoms with E-state index in [0.717, 1.165) is 11.1 Å². The van der Waals surface area contributed by atoms with Gasteiger partial charge < -0.3 is 9.47 Å². The Labute approximate surface area is 202 Å². The highest BCUT2D eigenvalue weighted by atomic mass is 16.5. The number of para-hydroxylation sites is 1. The number of nitriles is 1. The van der Waals surface area contributed by atoms with Gasteiger partial charge in [0.25, 0.3) is 5.56 Å². The Hall–Kier alpha value is -4.90. The number of hydrogen-bond donors (Lipinski definition) is 2. The summed E-state index contributed by atoms with van der Waals surface area (Å²) in [5.41, 5.74) is 5.92. The minimum Gasteiger partial charge on any atom is -0.493 e. The number of methoxy groups -OCH3 is 1. The molecule has 0 fully saturated rings. The highest BCUT2D eigenvalue weighted by molar-refractivity contribution is 5.85. The molecule has 0 unspecified atom stereocenters. The lowest BCUT2D eigenvalue weighted by molar-refractivity contribution is 0.283. The Bertz CT molecular complexity index is 1460. The van der Waals surface area contributed by atoms with E-state index in [1.165, 1.54) is 0 Å². The van der Waals surface area contributed by atoms with Crippen LogP contribution in [0.2, 0.25) is 0 Å². The van der Waals surface area contributed by atoms with Crippen LogP contribution in [0.4, 0.5) is 5.95 Å². The number of anilines is 1. The average molecular weight is 466 g/mol. The van der Waals surface area contributed by atoms with Crippen LogP contribution in [0.5, 0.6) is 11.5 Å². The first-order valence-electron chi connectivity index (χ1n) is 10.8. The lowest BCUT2D eigenvalue weighted by Crippen LogP contribution is -2.16. The lowest BCUT2D eigenvalue weighted by Gasteiger charge is -2.14. The van der Waals surface area contributed by atoms with E-state index in [1.807, 2.05) is 73.7 Å². The maximum absolute atomic E-state index is 12.4. The molecule has 3 aromatic carbocycles. The van der Waals surface area contributed by atoms with Crippen LogP contribution in [0.15, 0.2) is 82.7 Å². The van der Waals surface area contributed by atoms with Crippen molar-refractivity contribution < 1.29 is 9.47 Å². The predicted octanol–water partition coefficient (Wildman–Crippen LogP) is 4.65. The molecule has 4 aromatic rings. The van der Waals surface area contributed by atoms with Crippen molar-refractivity contribution in [3.05, 3.63) is 105 Å².